The third kappa shape index (κ3) is 6.59. The second-order valence-electron chi connectivity index (χ2n) is 10.4. The van der Waals surface area contributed by atoms with Gasteiger partial charge in [-0.3, -0.25) is 9.80 Å². The van der Waals surface area contributed by atoms with Crippen LogP contribution in [0.15, 0.2) is 24.3 Å². The highest BCUT2D eigenvalue weighted by molar-refractivity contribution is 5.68. The van der Waals surface area contributed by atoms with E-state index in [9.17, 15) is 4.79 Å². The van der Waals surface area contributed by atoms with Gasteiger partial charge < -0.3 is 19.1 Å². The first-order chi connectivity index (χ1) is 15.4. The molecule has 0 bridgehead atoms. The third-order valence-corrected chi connectivity index (χ3v) is 6.55. The lowest BCUT2D eigenvalue weighted by Gasteiger charge is -2.46. The van der Waals surface area contributed by atoms with Crippen LogP contribution in [-0.2, 0) is 16.0 Å². The summed E-state index contributed by atoms with van der Waals surface area (Å²) >= 11 is 0. The minimum absolute atomic E-state index is 0.181. The maximum Gasteiger partial charge on any atom is 0.410 e. The zero-order valence-electron chi connectivity index (χ0n) is 19.9. The molecule has 3 heterocycles. The fraction of sp³-hybridized carbons (Fsp3) is 0.720. The third-order valence-electron chi connectivity index (χ3n) is 6.55. The quantitative estimate of drug-likeness (QED) is 0.694. The first kappa shape index (κ1) is 23.3. The Balaban J connectivity index is 1.22. The predicted molar refractivity (Wildman–Crippen MR) is 124 cm³/mol. The number of amides is 1. The molecule has 1 aromatic rings. The van der Waals surface area contributed by atoms with Crippen molar-refractivity contribution in [2.75, 3.05) is 59.1 Å². The van der Waals surface area contributed by atoms with Gasteiger partial charge in [0.1, 0.15) is 11.4 Å². The number of piperazine rings is 1. The molecule has 1 amide bonds. The molecule has 0 unspecified atom stereocenters. The van der Waals surface area contributed by atoms with Crippen molar-refractivity contribution >= 4 is 6.09 Å². The Morgan fingerprint density at radius 1 is 1.09 bits per heavy atom. The molecule has 0 aromatic heterocycles. The number of fused-ring (bicyclic) bond motifs is 1. The van der Waals surface area contributed by atoms with E-state index < -0.39 is 5.60 Å². The molecule has 2 atom stereocenters. The number of piperidine rings is 1. The Morgan fingerprint density at radius 2 is 1.91 bits per heavy atom. The summed E-state index contributed by atoms with van der Waals surface area (Å²) in [5.41, 5.74) is 0.856. The maximum absolute atomic E-state index is 12.4. The predicted octanol–water partition coefficient (Wildman–Crippen LogP) is 3.23. The summed E-state index contributed by atoms with van der Waals surface area (Å²) in [5.74, 6) is 1.50. The van der Waals surface area contributed by atoms with Gasteiger partial charge in [0.05, 0.1) is 19.8 Å². The zero-order valence-corrected chi connectivity index (χ0v) is 19.9. The first-order valence-electron chi connectivity index (χ1n) is 12.1. The van der Waals surface area contributed by atoms with Gasteiger partial charge in [-0.2, -0.15) is 0 Å². The number of carbonyl (C=O) groups is 1. The van der Waals surface area contributed by atoms with Crippen molar-refractivity contribution in [2.45, 2.75) is 51.8 Å². The van der Waals surface area contributed by atoms with Gasteiger partial charge >= 0.3 is 6.09 Å². The minimum Gasteiger partial charge on any atom is -0.493 e. The second kappa shape index (κ2) is 10.4. The Bertz CT molecular complexity index is 760. The van der Waals surface area contributed by atoms with Crippen LogP contribution >= 0.6 is 0 Å². The Kier molecular flexibility index (Phi) is 7.59. The number of hydrogen-bond donors (Lipinski definition) is 0. The highest BCUT2D eigenvalue weighted by Crippen LogP contribution is 2.27. The molecule has 0 aliphatic carbocycles. The highest BCUT2D eigenvalue weighted by atomic mass is 16.6. The van der Waals surface area contributed by atoms with Gasteiger partial charge in [-0.25, -0.2) is 4.79 Å². The van der Waals surface area contributed by atoms with Crippen molar-refractivity contribution in [1.29, 1.82) is 0 Å². The number of nitrogens with zero attached hydrogens (tertiary/aromatic N) is 3. The maximum atomic E-state index is 12.4. The van der Waals surface area contributed by atoms with Crippen molar-refractivity contribution < 1.29 is 19.0 Å². The highest BCUT2D eigenvalue weighted by Gasteiger charge is 2.35. The largest absolute Gasteiger partial charge is 0.493 e. The summed E-state index contributed by atoms with van der Waals surface area (Å²) in [7, 11) is 0. The number of morpholine rings is 1. The average molecular weight is 446 g/mol. The second-order valence-corrected chi connectivity index (χ2v) is 10.4. The zero-order chi connectivity index (χ0) is 22.6. The molecule has 0 N–H and O–H groups in total. The van der Waals surface area contributed by atoms with E-state index in [1.807, 2.05) is 25.7 Å². The average Bonchev–Trinajstić information content (AvgIpc) is 2.77. The van der Waals surface area contributed by atoms with Crippen LogP contribution in [0.1, 0.15) is 39.2 Å². The molecule has 3 aliphatic rings. The summed E-state index contributed by atoms with van der Waals surface area (Å²) in [6, 6.07) is 8.95. The van der Waals surface area contributed by atoms with Crippen molar-refractivity contribution in [3.8, 4) is 5.75 Å². The smallest absolute Gasteiger partial charge is 0.410 e. The fourth-order valence-corrected chi connectivity index (χ4v) is 4.85. The molecule has 3 fully saturated rings. The summed E-state index contributed by atoms with van der Waals surface area (Å²) in [4.78, 5) is 19.3. The van der Waals surface area contributed by atoms with Crippen molar-refractivity contribution in [3.05, 3.63) is 29.8 Å². The van der Waals surface area contributed by atoms with Crippen LogP contribution in [0.2, 0.25) is 0 Å². The van der Waals surface area contributed by atoms with Gasteiger partial charge in [0.15, 0.2) is 0 Å². The lowest BCUT2D eigenvalue weighted by molar-refractivity contribution is -0.0122. The van der Waals surface area contributed by atoms with Gasteiger partial charge in [0.25, 0.3) is 0 Å². The van der Waals surface area contributed by atoms with Crippen LogP contribution in [0.5, 0.6) is 5.75 Å². The molecule has 0 spiro atoms. The number of carbonyl (C=O) groups excluding carboxylic acids is 1. The van der Waals surface area contributed by atoms with E-state index in [0.717, 1.165) is 84.2 Å². The van der Waals surface area contributed by atoms with E-state index in [1.165, 1.54) is 5.56 Å². The molecular weight excluding hydrogens is 406 g/mol. The van der Waals surface area contributed by atoms with Crippen LogP contribution in [0, 0.1) is 5.92 Å². The number of benzene rings is 1. The normalized spacial score (nSPS) is 25.3. The van der Waals surface area contributed by atoms with E-state index in [4.69, 9.17) is 14.2 Å². The molecule has 3 saturated heterocycles. The van der Waals surface area contributed by atoms with Crippen molar-refractivity contribution in [2.24, 2.45) is 5.92 Å². The molecule has 0 radical (unpaired) electrons. The molecule has 7 nitrogen and oxygen atoms in total. The van der Waals surface area contributed by atoms with Crippen LogP contribution in [0.4, 0.5) is 4.79 Å². The lowest BCUT2D eigenvalue weighted by atomic mass is 9.91. The molecule has 3 aliphatic heterocycles. The van der Waals surface area contributed by atoms with E-state index >= 15 is 0 Å². The lowest BCUT2D eigenvalue weighted by Crippen LogP contribution is -2.58. The van der Waals surface area contributed by atoms with Crippen LogP contribution in [-0.4, -0.2) is 91.5 Å². The van der Waals surface area contributed by atoms with Gasteiger partial charge in [0.2, 0.25) is 0 Å². The monoisotopic (exact) mass is 445 g/mol. The molecule has 1 aromatic carbocycles. The molecular formula is C25H39N3O4. The molecule has 0 saturated carbocycles. The first-order valence-corrected chi connectivity index (χ1v) is 12.1. The molecule has 4 rings (SSSR count). The van der Waals surface area contributed by atoms with Gasteiger partial charge in [-0.1, -0.05) is 12.1 Å². The number of rotatable bonds is 5. The topological polar surface area (TPSA) is 54.5 Å². The SMILES string of the molecule is CC(C)(C)OC(=O)N1CCN2C[C@@H](COc3cccc(CN4CCOCC4)c3)CC[C@H]2C1. The summed E-state index contributed by atoms with van der Waals surface area (Å²) < 4.78 is 17.2. The fourth-order valence-electron chi connectivity index (χ4n) is 4.85. The van der Waals surface area contributed by atoms with Crippen LogP contribution in [0.25, 0.3) is 0 Å². The van der Waals surface area contributed by atoms with E-state index in [0.29, 0.717) is 12.0 Å². The molecule has 7 heteroatoms. The van der Waals surface area contributed by atoms with E-state index in [-0.39, 0.29) is 6.09 Å². The Labute approximate surface area is 192 Å². The number of hydrogen-bond acceptors (Lipinski definition) is 6. The van der Waals surface area contributed by atoms with E-state index in [1.54, 1.807) is 0 Å². The van der Waals surface area contributed by atoms with E-state index in [2.05, 4.69) is 34.1 Å². The Morgan fingerprint density at radius 3 is 2.69 bits per heavy atom. The minimum atomic E-state index is -0.442. The summed E-state index contributed by atoms with van der Waals surface area (Å²) in [5, 5.41) is 0. The summed E-state index contributed by atoms with van der Waals surface area (Å²) in [6.07, 6.45) is 2.06. The Hall–Kier alpha value is -1.83. The number of ether oxygens (including phenoxy) is 3. The van der Waals surface area contributed by atoms with Crippen LogP contribution in [0.3, 0.4) is 0 Å². The standard InChI is InChI=1S/C25H39N3O4/c1-25(2,3)32-24(29)28-10-9-27-17-21(7-8-22(27)18-28)19-31-23-6-4-5-20(15-23)16-26-11-13-30-14-12-26/h4-6,15,21-22H,7-14,16-19H2,1-3H3/t21-,22-/m0/s1. The molecule has 32 heavy (non-hydrogen) atoms. The van der Waals surface area contributed by atoms with Gasteiger partial charge in [-0.15, -0.1) is 0 Å². The van der Waals surface area contributed by atoms with Crippen LogP contribution < -0.4 is 4.74 Å². The summed E-state index contributed by atoms with van der Waals surface area (Å²) in [6.45, 7) is 14.6. The van der Waals surface area contributed by atoms with Gasteiger partial charge in [0, 0.05) is 57.8 Å². The van der Waals surface area contributed by atoms with Gasteiger partial charge in [-0.05, 0) is 51.3 Å². The molecule has 178 valence electrons. The van der Waals surface area contributed by atoms with Crippen molar-refractivity contribution in [3.63, 3.8) is 0 Å². The van der Waals surface area contributed by atoms with Crippen molar-refractivity contribution in [1.82, 2.24) is 14.7 Å².